The molecule has 1 aliphatic rings. The van der Waals surface area contributed by atoms with Crippen LogP contribution < -0.4 is 0 Å². The van der Waals surface area contributed by atoms with E-state index in [-0.39, 0.29) is 12.2 Å². The third kappa shape index (κ3) is 6.29. The second-order valence-corrected chi connectivity index (χ2v) is 7.32. The average Bonchev–Trinajstić information content (AvgIpc) is 2.85. The number of benzene rings is 2. The molecule has 0 saturated carbocycles. The molecule has 5 atom stereocenters. The smallest absolute Gasteiger partial charge is 0.339 e. The standard InChI is InChI=1S/C23H23ClO9/c1-29-22(27)20-18(31-16(25)12-24)17(30-13-14-8-4-2-5-9-14)19(23(28)33-20)32-21(26)15-10-6-3-7-11-15/h2-11,17-20,23,28H,12-13H2,1H3/t17-,18-,19+,20+,23?/m0/s1. The molecule has 2 aromatic carbocycles. The lowest BCUT2D eigenvalue weighted by Crippen LogP contribution is -2.63. The number of carbonyl (C=O) groups is 3. The van der Waals surface area contributed by atoms with Crippen molar-refractivity contribution in [2.45, 2.75) is 37.3 Å². The van der Waals surface area contributed by atoms with Gasteiger partial charge in [0.05, 0.1) is 19.3 Å². The van der Waals surface area contributed by atoms with Crippen molar-refractivity contribution < 1.29 is 43.2 Å². The van der Waals surface area contributed by atoms with E-state index < -0.39 is 54.5 Å². The lowest BCUT2D eigenvalue weighted by Gasteiger charge is -2.42. The Morgan fingerprint density at radius 1 is 0.939 bits per heavy atom. The van der Waals surface area contributed by atoms with Crippen LogP contribution in [0.15, 0.2) is 60.7 Å². The predicted octanol–water partition coefficient (Wildman–Crippen LogP) is 1.84. The van der Waals surface area contributed by atoms with Gasteiger partial charge in [0.1, 0.15) is 12.0 Å². The highest BCUT2D eigenvalue weighted by Gasteiger charge is 2.53. The van der Waals surface area contributed by atoms with Gasteiger partial charge in [-0.05, 0) is 17.7 Å². The van der Waals surface area contributed by atoms with E-state index in [2.05, 4.69) is 0 Å². The Bertz CT molecular complexity index is 937. The summed E-state index contributed by atoms with van der Waals surface area (Å²) in [4.78, 5) is 37.0. The number of ether oxygens (including phenoxy) is 5. The van der Waals surface area contributed by atoms with Gasteiger partial charge in [-0.1, -0.05) is 48.5 Å². The van der Waals surface area contributed by atoms with Crippen molar-refractivity contribution in [1.29, 1.82) is 0 Å². The van der Waals surface area contributed by atoms with Gasteiger partial charge in [0.15, 0.2) is 24.6 Å². The second-order valence-electron chi connectivity index (χ2n) is 7.06. The molecule has 9 nitrogen and oxygen atoms in total. The van der Waals surface area contributed by atoms with Gasteiger partial charge in [0, 0.05) is 0 Å². The molecule has 3 rings (SSSR count). The first kappa shape index (κ1) is 24.7. The van der Waals surface area contributed by atoms with Crippen molar-refractivity contribution in [3.63, 3.8) is 0 Å². The van der Waals surface area contributed by atoms with Gasteiger partial charge in [-0.15, -0.1) is 11.6 Å². The molecule has 0 spiro atoms. The Kier molecular flexibility index (Phi) is 8.79. The molecule has 1 aliphatic heterocycles. The Labute approximate surface area is 195 Å². The highest BCUT2D eigenvalue weighted by Crippen LogP contribution is 2.29. The third-order valence-electron chi connectivity index (χ3n) is 4.86. The molecular formula is C23H23ClO9. The van der Waals surface area contributed by atoms with Crippen molar-refractivity contribution in [3.05, 3.63) is 71.8 Å². The molecule has 1 fully saturated rings. The van der Waals surface area contributed by atoms with Gasteiger partial charge in [0.25, 0.3) is 0 Å². The van der Waals surface area contributed by atoms with Crippen molar-refractivity contribution in [1.82, 2.24) is 0 Å². The van der Waals surface area contributed by atoms with Gasteiger partial charge in [-0.3, -0.25) is 4.79 Å². The van der Waals surface area contributed by atoms with Crippen molar-refractivity contribution >= 4 is 29.5 Å². The lowest BCUT2D eigenvalue weighted by molar-refractivity contribution is -0.291. The fraction of sp³-hybridized carbons (Fsp3) is 0.348. The molecule has 1 heterocycles. The summed E-state index contributed by atoms with van der Waals surface area (Å²) in [6, 6.07) is 17.1. The number of esters is 3. The summed E-state index contributed by atoms with van der Waals surface area (Å²) in [6.45, 7) is 0.000429. The molecule has 0 bridgehead atoms. The molecule has 0 aliphatic carbocycles. The third-order valence-corrected chi connectivity index (χ3v) is 5.08. The van der Waals surface area contributed by atoms with Crippen LogP contribution in [0.5, 0.6) is 0 Å². The molecule has 1 N–H and O–H groups in total. The Balaban J connectivity index is 1.92. The number of aliphatic hydroxyl groups excluding tert-OH is 1. The highest BCUT2D eigenvalue weighted by atomic mass is 35.5. The molecular weight excluding hydrogens is 456 g/mol. The number of alkyl halides is 1. The summed E-state index contributed by atoms with van der Waals surface area (Å²) < 4.78 is 26.8. The first-order valence-electron chi connectivity index (χ1n) is 10.0. The molecule has 10 heteroatoms. The minimum Gasteiger partial charge on any atom is -0.467 e. The molecule has 0 radical (unpaired) electrons. The summed E-state index contributed by atoms with van der Waals surface area (Å²) >= 11 is 5.58. The Morgan fingerprint density at radius 3 is 2.18 bits per heavy atom. The van der Waals surface area contributed by atoms with Crippen molar-refractivity contribution in [2.75, 3.05) is 13.0 Å². The summed E-state index contributed by atoms with van der Waals surface area (Å²) in [5.41, 5.74) is 0.972. The first-order valence-corrected chi connectivity index (χ1v) is 10.6. The van der Waals surface area contributed by atoms with E-state index in [0.717, 1.165) is 12.7 Å². The zero-order chi connectivity index (χ0) is 23.8. The first-order chi connectivity index (χ1) is 15.9. The van der Waals surface area contributed by atoms with Crippen LogP contribution in [0.4, 0.5) is 0 Å². The number of rotatable bonds is 8. The largest absolute Gasteiger partial charge is 0.467 e. The normalized spacial score (nSPS) is 24.5. The minimum absolute atomic E-state index is 0.000429. The minimum atomic E-state index is -1.77. The van der Waals surface area contributed by atoms with Crippen LogP contribution in [0.25, 0.3) is 0 Å². The van der Waals surface area contributed by atoms with Crippen molar-refractivity contribution in [2.24, 2.45) is 0 Å². The van der Waals surface area contributed by atoms with E-state index in [4.69, 9.17) is 35.3 Å². The van der Waals surface area contributed by atoms with Crippen LogP contribution in [-0.2, 0) is 39.9 Å². The maximum Gasteiger partial charge on any atom is 0.339 e. The molecule has 176 valence electrons. The average molecular weight is 479 g/mol. The van der Waals surface area contributed by atoms with Crippen LogP contribution in [0.2, 0.25) is 0 Å². The summed E-state index contributed by atoms with van der Waals surface area (Å²) in [5, 5.41) is 10.6. The second kappa shape index (κ2) is 11.8. The molecule has 0 amide bonds. The number of halogens is 1. The van der Waals surface area contributed by atoms with E-state index >= 15 is 0 Å². The quantitative estimate of drug-likeness (QED) is 0.344. The van der Waals surface area contributed by atoms with E-state index in [1.54, 1.807) is 42.5 Å². The summed E-state index contributed by atoms with van der Waals surface area (Å²) in [6.07, 6.45) is -7.43. The summed E-state index contributed by atoms with van der Waals surface area (Å²) in [7, 11) is 1.11. The Morgan fingerprint density at radius 2 is 1.58 bits per heavy atom. The zero-order valence-electron chi connectivity index (χ0n) is 17.7. The predicted molar refractivity (Wildman–Crippen MR) is 114 cm³/mol. The van der Waals surface area contributed by atoms with E-state index in [1.165, 1.54) is 12.1 Å². The SMILES string of the molecule is COC(=O)[C@@H]1OC(O)[C@H](OC(=O)c2ccccc2)[C@@H](OCc2ccccc2)[C@@H]1OC(=O)CCl. The van der Waals surface area contributed by atoms with E-state index in [1.807, 2.05) is 6.07 Å². The highest BCUT2D eigenvalue weighted by molar-refractivity contribution is 6.26. The fourth-order valence-corrected chi connectivity index (χ4v) is 3.36. The number of aliphatic hydroxyl groups is 1. The Hall–Kier alpha value is -2.98. The molecule has 33 heavy (non-hydrogen) atoms. The van der Waals surface area contributed by atoms with Gasteiger partial charge in [0.2, 0.25) is 0 Å². The maximum atomic E-state index is 12.7. The van der Waals surface area contributed by atoms with Crippen LogP contribution in [0.1, 0.15) is 15.9 Å². The van der Waals surface area contributed by atoms with Crippen LogP contribution >= 0.6 is 11.6 Å². The van der Waals surface area contributed by atoms with Gasteiger partial charge >= 0.3 is 17.9 Å². The van der Waals surface area contributed by atoms with Gasteiger partial charge in [-0.2, -0.15) is 0 Å². The molecule has 1 unspecified atom stereocenters. The van der Waals surface area contributed by atoms with Crippen molar-refractivity contribution in [3.8, 4) is 0 Å². The number of hydrogen-bond donors (Lipinski definition) is 1. The van der Waals surface area contributed by atoms with Crippen LogP contribution in [0, 0.1) is 0 Å². The maximum absolute atomic E-state index is 12.7. The zero-order valence-corrected chi connectivity index (χ0v) is 18.4. The topological polar surface area (TPSA) is 118 Å². The van der Waals surface area contributed by atoms with E-state index in [0.29, 0.717) is 0 Å². The number of carbonyl (C=O) groups excluding carboxylic acids is 3. The molecule has 1 saturated heterocycles. The lowest BCUT2D eigenvalue weighted by atomic mass is 9.97. The van der Waals surface area contributed by atoms with Crippen LogP contribution in [0.3, 0.4) is 0 Å². The number of methoxy groups -OCH3 is 1. The molecule has 2 aromatic rings. The molecule has 0 aromatic heterocycles. The van der Waals surface area contributed by atoms with Gasteiger partial charge in [-0.25, -0.2) is 9.59 Å². The van der Waals surface area contributed by atoms with Crippen LogP contribution in [-0.4, -0.2) is 66.7 Å². The van der Waals surface area contributed by atoms with E-state index in [9.17, 15) is 19.5 Å². The fourth-order valence-electron chi connectivity index (χ4n) is 3.29. The number of hydrogen-bond acceptors (Lipinski definition) is 9. The monoisotopic (exact) mass is 478 g/mol. The summed E-state index contributed by atoms with van der Waals surface area (Å²) in [5.74, 6) is -3.05. The van der Waals surface area contributed by atoms with Gasteiger partial charge < -0.3 is 28.8 Å².